The Balaban J connectivity index is 1.36. The maximum absolute atomic E-state index is 13.1. The Labute approximate surface area is 233 Å². The van der Waals surface area contributed by atoms with Crippen LogP contribution in [0.3, 0.4) is 0 Å². The number of hydrogen-bond acceptors (Lipinski definition) is 6. The SMILES string of the molecule is CC(=O)Nc1ccc(Nc2nc(N3CCc4ccccc4C3)nc3c2ncn3Cc2ccc(C(F)(F)F)cc2)cc1. The quantitative estimate of drug-likeness (QED) is 0.260. The maximum atomic E-state index is 13.1. The zero-order chi connectivity index (χ0) is 28.6. The number of nitrogens with one attached hydrogen (secondary N) is 2. The smallest absolute Gasteiger partial charge is 0.338 e. The fraction of sp³-hybridized carbons (Fsp3) is 0.200. The van der Waals surface area contributed by atoms with Gasteiger partial charge in [0.1, 0.15) is 0 Å². The number of nitrogens with zero attached hydrogens (tertiary/aromatic N) is 5. The highest BCUT2D eigenvalue weighted by Gasteiger charge is 2.30. The van der Waals surface area contributed by atoms with E-state index in [9.17, 15) is 18.0 Å². The third kappa shape index (κ3) is 5.69. The summed E-state index contributed by atoms with van der Waals surface area (Å²) in [6.07, 6.45) is -1.91. The zero-order valence-corrected chi connectivity index (χ0v) is 22.1. The third-order valence-electron chi connectivity index (χ3n) is 6.97. The first-order valence-corrected chi connectivity index (χ1v) is 13.1. The van der Waals surface area contributed by atoms with Gasteiger partial charge in [0.15, 0.2) is 17.0 Å². The molecular weight excluding hydrogens is 531 g/mol. The zero-order valence-electron chi connectivity index (χ0n) is 22.1. The lowest BCUT2D eigenvalue weighted by molar-refractivity contribution is -0.137. The van der Waals surface area contributed by atoms with E-state index < -0.39 is 11.7 Å². The summed E-state index contributed by atoms with van der Waals surface area (Å²) in [5.41, 5.74) is 5.01. The van der Waals surface area contributed by atoms with Crippen molar-refractivity contribution in [3.05, 3.63) is 101 Å². The van der Waals surface area contributed by atoms with Crippen LogP contribution in [-0.4, -0.2) is 32.0 Å². The number of imidazole rings is 1. The van der Waals surface area contributed by atoms with Gasteiger partial charge in [-0.1, -0.05) is 36.4 Å². The highest BCUT2D eigenvalue weighted by atomic mass is 19.4. The number of alkyl halides is 3. The molecule has 0 atom stereocenters. The van der Waals surface area contributed by atoms with Crippen molar-refractivity contribution in [3.8, 4) is 0 Å². The van der Waals surface area contributed by atoms with Gasteiger partial charge in [0.05, 0.1) is 18.4 Å². The first-order chi connectivity index (χ1) is 19.7. The van der Waals surface area contributed by atoms with Crippen molar-refractivity contribution in [2.75, 3.05) is 22.1 Å². The largest absolute Gasteiger partial charge is 0.416 e. The Hall–Kier alpha value is -4.93. The van der Waals surface area contributed by atoms with Gasteiger partial charge in [0.25, 0.3) is 0 Å². The highest BCUT2D eigenvalue weighted by Crippen LogP contribution is 2.31. The number of fused-ring (bicyclic) bond motifs is 2. The summed E-state index contributed by atoms with van der Waals surface area (Å²) < 4.78 is 41.0. The van der Waals surface area contributed by atoms with Crippen LogP contribution < -0.4 is 15.5 Å². The van der Waals surface area contributed by atoms with E-state index in [1.165, 1.54) is 30.2 Å². The second-order valence-corrected chi connectivity index (χ2v) is 9.94. The number of benzene rings is 3. The summed E-state index contributed by atoms with van der Waals surface area (Å²) in [5, 5.41) is 6.08. The molecule has 0 saturated carbocycles. The molecule has 0 unspecified atom stereocenters. The van der Waals surface area contributed by atoms with E-state index in [4.69, 9.17) is 9.97 Å². The lowest BCUT2D eigenvalue weighted by atomic mass is 10.0. The van der Waals surface area contributed by atoms with E-state index in [-0.39, 0.29) is 5.91 Å². The number of carbonyl (C=O) groups excluding carboxylic acids is 1. The maximum Gasteiger partial charge on any atom is 0.416 e. The second kappa shape index (κ2) is 10.6. The van der Waals surface area contributed by atoms with Crippen molar-refractivity contribution < 1.29 is 18.0 Å². The van der Waals surface area contributed by atoms with Crippen LogP contribution in [0, 0.1) is 0 Å². The molecule has 1 aliphatic heterocycles. The third-order valence-corrected chi connectivity index (χ3v) is 6.97. The Morgan fingerprint density at radius 2 is 1.63 bits per heavy atom. The summed E-state index contributed by atoms with van der Waals surface area (Å²) in [5.74, 6) is 0.871. The molecule has 0 fully saturated rings. The van der Waals surface area contributed by atoms with Gasteiger partial charge in [-0.05, 0) is 59.5 Å². The highest BCUT2D eigenvalue weighted by molar-refractivity contribution is 5.89. The predicted octanol–water partition coefficient (Wildman–Crippen LogP) is 6.16. The van der Waals surface area contributed by atoms with E-state index in [0.717, 1.165) is 30.8 Å². The summed E-state index contributed by atoms with van der Waals surface area (Å²) >= 11 is 0. The van der Waals surface area contributed by atoms with Crippen LogP contribution in [0.15, 0.2) is 79.1 Å². The van der Waals surface area contributed by atoms with Crippen molar-refractivity contribution in [3.63, 3.8) is 0 Å². The molecular formula is C30H26F3N7O. The van der Waals surface area contributed by atoms with Crippen LogP contribution in [0.4, 0.5) is 36.3 Å². The van der Waals surface area contributed by atoms with Crippen LogP contribution in [0.25, 0.3) is 11.2 Å². The Morgan fingerprint density at radius 3 is 2.34 bits per heavy atom. The van der Waals surface area contributed by atoms with E-state index in [2.05, 4.69) is 32.7 Å². The molecule has 0 spiro atoms. The minimum absolute atomic E-state index is 0.158. The molecule has 41 heavy (non-hydrogen) atoms. The van der Waals surface area contributed by atoms with Gasteiger partial charge >= 0.3 is 6.18 Å². The fourth-order valence-corrected chi connectivity index (χ4v) is 4.92. The molecule has 8 nitrogen and oxygen atoms in total. The van der Waals surface area contributed by atoms with E-state index in [0.29, 0.717) is 47.3 Å². The lowest BCUT2D eigenvalue weighted by Gasteiger charge is -2.29. The topological polar surface area (TPSA) is 88.0 Å². The average Bonchev–Trinajstić information content (AvgIpc) is 3.36. The number of aromatic nitrogens is 4. The van der Waals surface area contributed by atoms with Gasteiger partial charge in [-0.15, -0.1) is 0 Å². The summed E-state index contributed by atoms with van der Waals surface area (Å²) in [7, 11) is 0. The summed E-state index contributed by atoms with van der Waals surface area (Å²) in [4.78, 5) is 27.8. The Morgan fingerprint density at radius 1 is 0.927 bits per heavy atom. The average molecular weight is 558 g/mol. The number of amides is 1. The van der Waals surface area contributed by atoms with Crippen LogP contribution in [0.2, 0.25) is 0 Å². The van der Waals surface area contributed by atoms with Crippen LogP contribution >= 0.6 is 0 Å². The first-order valence-electron chi connectivity index (χ1n) is 13.1. The van der Waals surface area contributed by atoms with Crippen molar-refractivity contribution in [2.24, 2.45) is 0 Å². The minimum atomic E-state index is -4.39. The molecule has 5 aromatic rings. The van der Waals surface area contributed by atoms with E-state index >= 15 is 0 Å². The molecule has 0 bridgehead atoms. The normalized spacial score (nSPS) is 13.2. The molecule has 0 aliphatic carbocycles. The summed E-state index contributed by atoms with van der Waals surface area (Å²) in [6, 6.07) is 20.6. The van der Waals surface area contributed by atoms with Crippen molar-refractivity contribution in [1.82, 2.24) is 19.5 Å². The van der Waals surface area contributed by atoms with Gasteiger partial charge < -0.3 is 20.1 Å². The Kier molecular flexibility index (Phi) is 6.78. The number of hydrogen-bond donors (Lipinski definition) is 2. The molecule has 0 radical (unpaired) electrons. The van der Waals surface area contributed by atoms with Gasteiger partial charge in [-0.25, -0.2) is 4.98 Å². The summed E-state index contributed by atoms with van der Waals surface area (Å²) in [6.45, 7) is 3.13. The monoisotopic (exact) mass is 557 g/mol. The first kappa shape index (κ1) is 26.3. The Bertz CT molecular complexity index is 1710. The van der Waals surface area contributed by atoms with Gasteiger partial charge in [-0.2, -0.15) is 23.1 Å². The predicted molar refractivity (Wildman–Crippen MR) is 151 cm³/mol. The van der Waals surface area contributed by atoms with Crippen LogP contribution in [0.1, 0.15) is 29.2 Å². The molecule has 11 heteroatoms. The van der Waals surface area contributed by atoms with Crippen LogP contribution in [-0.2, 0) is 30.5 Å². The molecule has 2 N–H and O–H groups in total. The molecule has 6 rings (SSSR count). The molecule has 3 heterocycles. The number of anilines is 4. The van der Waals surface area contributed by atoms with Crippen molar-refractivity contribution >= 4 is 40.2 Å². The molecule has 0 saturated heterocycles. The minimum Gasteiger partial charge on any atom is -0.338 e. The van der Waals surface area contributed by atoms with Crippen molar-refractivity contribution in [2.45, 2.75) is 32.6 Å². The van der Waals surface area contributed by atoms with Gasteiger partial charge in [-0.3, -0.25) is 4.79 Å². The molecule has 3 aromatic carbocycles. The number of halogens is 3. The van der Waals surface area contributed by atoms with E-state index in [1.54, 1.807) is 18.5 Å². The molecule has 208 valence electrons. The lowest BCUT2D eigenvalue weighted by Crippen LogP contribution is -2.32. The number of carbonyl (C=O) groups is 1. The molecule has 1 amide bonds. The van der Waals surface area contributed by atoms with Crippen LogP contribution in [0.5, 0.6) is 0 Å². The van der Waals surface area contributed by atoms with Crippen molar-refractivity contribution in [1.29, 1.82) is 0 Å². The number of rotatable bonds is 6. The van der Waals surface area contributed by atoms with Gasteiger partial charge in [0, 0.05) is 31.4 Å². The molecule has 2 aromatic heterocycles. The second-order valence-electron chi connectivity index (χ2n) is 9.94. The fourth-order valence-electron chi connectivity index (χ4n) is 4.92. The molecule has 1 aliphatic rings. The van der Waals surface area contributed by atoms with Gasteiger partial charge in [0.2, 0.25) is 11.9 Å². The standard InChI is InChI=1S/C30H26F3N7O/c1-19(41)35-24-10-12-25(13-11-24)36-27-26-28(38-29(37-27)39-15-14-21-4-2-3-5-22(21)17-39)40(18-34-26)16-20-6-8-23(9-7-20)30(31,32)33/h2-13,18H,14-17H2,1H3,(H,35,41)(H,36,37,38). The van der Waals surface area contributed by atoms with E-state index in [1.807, 2.05) is 28.8 Å².